The Bertz CT molecular complexity index is 1150. The van der Waals surface area contributed by atoms with Crippen LogP contribution >= 0.6 is 11.6 Å². The molecule has 0 bridgehead atoms. The van der Waals surface area contributed by atoms with Crippen molar-refractivity contribution in [2.75, 3.05) is 62.6 Å². The van der Waals surface area contributed by atoms with Crippen molar-refractivity contribution >= 4 is 34.8 Å². The zero-order valence-electron chi connectivity index (χ0n) is 20.8. The molecular formula is C26H30ClF4N5O2. The van der Waals surface area contributed by atoms with Crippen LogP contribution in [0.2, 0.25) is 5.02 Å². The maximum Gasteiger partial charge on any atom is 0.390 e. The first-order valence-electron chi connectivity index (χ1n) is 12.5. The first-order chi connectivity index (χ1) is 18.1. The molecular weight excluding hydrogens is 526 g/mol. The number of carbonyl (C=O) groups excluding carboxylic acids is 2. The van der Waals surface area contributed by atoms with Crippen LogP contribution < -0.4 is 15.5 Å². The van der Waals surface area contributed by atoms with Gasteiger partial charge in [0.1, 0.15) is 5.82 Å². The van der Waals surface area contributed by atoms with Gasteiger partial charge in [-0.15, -0.1) is 0 Å². The highest BCUT2D eigenvalue weighted by atomic mass is 35.5. The minimum absolute atomic E-state index is 0.00407. The van der Waals surface area contributed by atoms with Crippen molar-refractivity contribution in [3.05, 3.63) is 58.4 Å². The van der Waals surface area contributed by atoms with E-state index in [2.05, 4.69) is 15.5 Å². The number of hydrogen-bond donors (Lipinski definition) is 2. The molecule has 2 fully saturated rings. The molecule has 0 aromatic heterocycles. The molecule has 2 aliphatic heterocycles. The smallest absolute Gasteiger partial charge is 0.367 e. The zero-order valence-corrected chi connectivity index (χ0v) is 21.5. The van der Waals surface area contributed by atoms with Crippen LogP contribution in [0.5, 0.6) is 0 Å². The van der Waals surface area contributed by atoms with E-state index in [0.29, 0.717) is 80.7 Å². The summed E-state index contributed by atoms with van der Waals surface area (Å²) in [5.74, 6) is -1.28. The monoisotopic (exact) mass is 555 g/mol. The second-order valence-electron chi connectivity index (χ2n) is 9.50. The molecule has 0 spiro atoms. The first-order valence-corrected chi connectivity index (χ1v) is 12.9. The normalized spacial score (nSPS) is 17.7. The Morgan fingerprint density at radius 1 is 1.00 bits per heavy atom. The molecule has 2 aliphatic rings. The summed E-state index contributed by atoms with van der Waals surface area (Å²) in [6, 6.07) is 9.39. The molecule has 206 valence electrons. The Morgan fingerprint density at radius 3 is 2.47 bits per heavy atom. The first kappa shape index (κ1) is 28.1. The van der Waals surface area contributed by atoms with Crippen LogP contribution in [-0.4, -0.2) is 80.1 Å². The van der Waals surface area contributed by atoms with Crippen LogP contribution in [0.25, 0.3) is 0 Å². The average Bonchev–Trinajstić information content (AvgIpc) is 3.07. The largest absolute Gasteiger partial charge is 0.390 e. The van der Waals surface area contributed by atoms with Gasteiger partial charge in [-0.2, -0.15) is 13.2 Å². The highest BCUT2D eigenvalue weighted by Gasteiger charge is 2.29. The molecule has 7 nitrogen and oxygen atoms in total. The van der Waals surface area contributed by atoms with Gasteiger partial charge in [0.05, 0.1) is 23.4 Å². The molecule has 2 heterocycles. The predicted molar refractivity (Wildman–Crippen MR) is 138 cm³/mol. The van der Waals surface area contributed by atoms with Crippen molar-refractivity contribution in [2.24, 2.45) is 0 Å². The van der Waals surface area contributed by atoms with Crippen molar-refractivity contribution in [1.82, 2.24) is 15.1 Å². The Balaban J connectivity index is 1.40. The Labute approximate surface area is 223 Å². The molecule has 2 aromatic carbocycles. The lowest BCUT2D eigenvalue weighted by Gasteiger charge is -2.37. The fourth-order valence-electron chi connectivity index (χ4n) is 4.63. The summed E-state index contributed by atoms with van der Waals surface area (Å²) in [5, 5.41) is 6.01. The lowest BCUT2D eigenvalue weighted by Crippen LogP contribution is -2.47. The summed E-state index contributed by atoms with van der Waals surface area (Å²) in [7, 11) is 0. The van der Waals surface area contributed by atoms with E-state index in [1.165, 1.54) is 12.1 Å². The Kier molecular flexibility index (Phi) is 9.11. The fourth-order valence-corrected chi connectivity index (χ4v) is 4.80. The zero-order chi connectivity index (χ0) is 27.3. The summed E-state index contributed by atoms with van der Waals surface area (Å²) >= 11 is 6.20. The third kappa shape index (κ3) is 7.81. The minimum Gasteiger partial charge on any atom is -0.367 e. The molecule has 4 rings (SSSR count). The summed E-state index contributed by atoms with van der Waals surface area (Å²) in [4.78, 5) is 30.3. The van der Waals surface area contributed by atoms with Crippen LogP contribution in [-0.2, 0) is 11.3 Å². The number of nitrogens with one attached hydrogen (secondary N) is 2. The molecule has 2 aromatic rings. The third-order valence-electron chi connectivity index (χ3n) is 6.72. The lowest BCUT2D eigenvalue weighted by molar-refractivity contribution is -0.138. The van der Waals surface area contributed by atoms with E-state index < -0.39 is 24.3 Å². The second kappa shape index (κ2) is 12.3. The molecule has 12 heteroatoms. The van der Waals surface area contributed by atoms with Gasteiger partial charge in [-0.25, -0.2) is 4.39 Å². The fraction of sp³-hybridized carbons (Fsp3) is 0.462. The molecule has 2 N–H and O–H groups in total. The number of nitrogens with zero attached hydrogens (tertiary/aromatic N) is 3. The predicted octanol–water partition coefficient (Wildman–Crippen LogP) is 4.13. The number of alkyl halides is 3. The highest BCUT2D eigenvalue weighted by molar-refractivity contribution is 6.31. The summed E-state index contributed by atoms with van der Waals surface area (Å²) in [6.45, 7) is 3.97. The van der Waals surface area contributed by atoms with Crippen molar-refractivity contribution in [3.8, 4) is 0 Å². The quantitative estimate of drug-likeness (QED) is 0.503. The topological polar surface area (TPSA) is 67.9 Å². The number of piperazine rings is 1. The van der Waals surface area contributed by atoms with Gasteiger partial charge in [0.2, 0.25) is 5.91 Å². The van der Waals surface area contributed by atoms with E-state index in [1.807, 2.05) is 4.90 Å². The van der Waals surface area contributed by atoms with Crippen molar-refractivity contribution in [3.63, 3.8) is 0 Å². The van der Waals surface area contributed by atoms with Crippen LogP contribution in [0.3, 0.4) is 0 Å². The van der Waals surface area contributed by atoms with Crippen molar-refractivity contribution < 1.29 is 27.2 Å². The van der Waals surface area contributed by atoms with Crippen LogP contribution in [0.4, 0.5) is 28.9 Å². The van der Waals surface area contributed by atoms with Gasteiger partial charge in [0.15, 0.2) is 0 Å². The van der Waals surface area contributed by atoms with Gasteiger partial charge in [-0.3, -0.25) is 19.4 Å². The number of rotatable bonds is 7. The van der Waals surface area contributed by atoms with E-state index >= 15 is 0 Å². The number of halogens is 5. The van der Waals surface area contributed by atoms with Crippen molar-refractivity contribution in [2.45, 2.75) is 25.6 Å². The molecule has 0 atom stereocenters. The molecule has 0 saturated carbocycles. The van der Waals surface area contributed by atoms with Gasteiger partial charge in [-0.05, 0) is 35.9 Å². The number of amides is 2. The van der Waals surface area contributed by atoms with E-state index in [-0.39, 0.29) is 18.0 Å². The lowest BCUT2D eigenvalue weighted by atomic mass is 10.1. The SMILES string of the molecule is O=C1CCN(Cc2ccc(C(=O)Nc3ccc(Cl)cc3N3CCN(CCC(F)(F)F)CC3)c(F)c2)CCN1. The molecule has 2 saturated heterocycles. The van der Waals surface area contributed by atoms with E-state index in [1.54, 1.807) is 29.2 Å². The number of anilines is 2. The summed E-state index contributed by atoms with van der Waals surface area (Å²) in [6.07, 6.45) is -4.67. The molecule has 0 aliphatic carbocycles. The van der Waals surface area contributed by atoms with E-state index in [4.69, 9.17) is 11.6 Å². The van der Waals surface area contributed by atoms with Gasteiger partial charge < -0.3 is 15.5 Å². The van der Waals surface area contributed by atoms with Gasteiger partial charge >= 0.3 is 6.18 Å². The maximum atomic E-state index is 15.0. The third-order valence-corrected chi connectivity index (χ3v) is 6.96. The van der Waals surface area contributed by atoms with Crippen LogP contribution in [0, 0.1) is 5.82 Å². The average molecular weight is 556 g/mol. The van der Waals surface area contributed by atoms with E-state index in [9.17, 15) is 27.2 Å². The number of carbonyl (C=O) groups is 2. The standard InChI is InChI=1S/C26H30ClF4N5O2/c27-19-2-4-22(23(16-19)36-13-11-34(12-14-36)9-6-26(29,30)31)33-25(38)20-3-1-18(15-21(20)28)17-35-8-5-24(37)32-7-10-35/h1-4,15-16H,5-14,17H2,(H,32,37)(H,33,38). The van der Waals surface area contributed by atoms with Gasteiger partial charge in [0.25, 0.3) is 5.91 Å². The number of hydrogen-bond acceptors (Lipinski definition) is 5. The van der Waals surface area contributed by atoms with Crippen LogP contribution in [0.1, 0.15) is 28.8 Å². The summed E-state index contributed by atoms with van der Waals surface area (Å²) < 4.78 is 52.6. The van der Waals surface area contributed by atoms with Crippen LogP contribution in [0.15, 0.2) is 36.4 Å². The Hall–Kier alpha value is -2.89. The summed E-state index contributed by atoms with van der Waals surface area (Å²) in [5.41, 5.74) is 1.65. The maximum absolute atomic E-state index is 15.0. The Morgan fingerprint density at radius 2 is 1.76 bits per heavy atom. The number of benzene rings is 2. The molecule has 38 heavy (non-hydrogen) atoms. The second-order valence-corrected chi connectivity index (χ2v) is 9.94. The minimum atomic E-state index is -4.19. The highest BCUT2D eigenvalue weighted by Crippen LogP contribution is 2.31. The molecule has 0 radical (unpaired) electrons. The van der Waals surface area contributed by atoms with E-state index in [0.717, 1.165) is 0 Å². The molecule has 0 unspecified atom stereocenters. The van der Waals surface area contributed by atoms with Gasteiger partial charge in [0, 0.05) is 70.3 Å². The van der Waals surface area contributed by atoms with Crippen molar-refractivity contribution in [1.29, 1.82) is 0 Å². The van der Waals surface area contributed by atoms with Gasteiger partial charge in [-0.1, -0.05) is 17.7 Å². The molecule has 2 amide bonds.